The summed E-state index contributed by atoms with van der Waals surface area (Å²) in [4.78, 5) is 0. The molecule has 4 heteroatoms. The minimum atomic E-state index is -0.352. The normalized spacial score (nSPS) is 16.4. The molecule has 0 aliphatic carbocycles. The summed E-state index contributed by atoms with van der Waals surface area (Å²) < 4.78 is 10.8. The van der Waals surface area contributed by atoms with E-state index in [9.17, 15) is 0 Å². The molecule has 0 bridgehead atoms. The van der Waals surface area contributed by atoms with Crippen LogP contribution in [0.1, 0.15) is 6.92 Å². The van der Waals surface area contributed by atoms with Gasteiger partial charge in [0.25, 0.3) is 0 Å². The van der Waals surface area contributed by atoms with E-state index in [0.29, 0.717) is 17.6 Å². The molecule has 0 amide bonds. The van der Waals surface area contributed by atoms with E-state index in [4.69, 9.17) is 14.6 Å². The van der Waals surface area contributed by atoms with Crippen molar-refractivity contribution in [3.63, 3.8) is 0 Å². The number of alkyl halides is 1. The summed E-state index contributed by atoms with van der Waals surface area (Å²) >= 11 is 2.12. The Balaban J connectivity index is 3.22. The number of halogens is 1. The van der Waals surface area contributed by atoms with E-state index in [0.717, 1.165) is 0 Å². The van der Waals surface area contributed by atoms with Gasteiger partial charge in [0.15, 0.2) is 0 Å². The maximum Gasteiger partial charge on any atom is 0.0862 e. The largest absolute Gasteiger partial charge is 0.390 e. The molecule has 0 spiro atoms. The highest BCUT2D eigenvalue weighted by molar-refractivity contribution is 14.1. The van der Waals surface area contributed by atoms with Crippen LogP contribution in [0.15, 0.2) is 0 Å². The Morgan fingerprint density at radius 2 is 2.09 bits per heavy atom. The lowest BCUT2D eigenvalue weighted by Crippen LogP contribution is -2.23. The van der Waals surface area contributed by atoms with Crippen molar-refractivity contribution in [2.45, 2.75) is 19.1 Å². The second-order valence-electron chi connectivity index (χ2n) is 2.41. The Morgan fingerprint density at radius 1 is 1.45 bits per heavy atom. The first-order valence-corrected chi connectivity index (χ1v) is 5.07. The number of rotatable bonds is 6. The Hall–Kier alpha value is 0.610. The van der Waals surface area contributed by atoms with Crippen LogP contribution in [0.2, 0.25) is 0 Å². The maximum atomic E-state index is 9.10. The van der Waals surface area contributed by atoms with Gasteiger partial charge in [0, 0.05) is 11.5 Å². The van der Waals surface area contributed by atoms with Crippen LogP contribution in [0, 0.1) is 0 Å². The molecule has 11 heavy (non-hydrogen) atoms. The quantitative estimate of drug-likeness (QED) is 0.576. The van der Waals surface area contributed by atoms with Gasteiger partial charge in [-0.15, -0.1) is 0 Å². The van der Waals surface area contributed by atoms with E-state index in [-0.39, 0.29) is 12.2 Å². The van der Waals surface area contributed by atoms with Gasteiger partial charge < -0.3 is 14.6 Å². The van der Waals surface area contributed by atoms with Gasteiger partial charge in [0.05, 0.1) is 25.4 Å². The summed E-state index contributed by atoms with van der Waals surface area (Å²) in [5.74, 6) is 0. The van der Waals surface area contributed by atoms with E-state index in [1.807, 2.05) is 6.92 Å². The second-order valence-corrected chi connectivity index (χ2v) is 3.29. The smallest absolute Gasteiger partial charge is 0.0862 e. The third kappa shape index (κ3) is 6.99. The number of hydrogen-bond acceptors (Lipinski definition) is 3. The molecule has 68 valence electrons. The van der Waals surface area contributed by atoms with Crippen molar-refractivity contribution in [3.8, 4) is 0 Å². The molecule has 0 aromatic rings. The lowest BCUT2D eigenvalue weighted by atomic mass is 10.4. The zero-order valence-electron chi connectivity index (χ0n) is 6.92. The molecular formula is C7H15IO3. The first-order chi connectivity index (χ1) is 5.20. The number of ether oxygens (including phenoxy) is 2. The summed E-state index contributed by atoms with van der Waals surface area (Å²) in [5, 5.41) is 9.10. The molecule has 2 unspecified atom stereocenters. The lowest BCUT2D eigenvalue weighted by molar-refractivity contribution is -0.0250. The van der Waals surface area contributed by atoms with E-state index in [2.05, 4.69) is 22.6 Å². The van der Waals surface area contributed by atoms with E-state index < -0.39 is 0 Å². The molecule has 0 aromatic heterocycles. The zero-order valence-corrected chi connectivity index (χ0v) is 9.08. The Bertz CT molecular complexity index is 89.8. The Morgan fingerprint density at radius 3 is 2.55 bits per heavy atom. The highest BCUT2D eigenvalue weighted by atomic mass is 127. The SMILES string of the molecule is COCC(C)OCC(O)CI. The predicted molar refractivity (Wildman–Crippen MR) is 52.2 cm³/mol. The zero-order chi connectivity index (χ0) is 8.69. The lowest BCUT2D eigenvalue weighted by Gasteiger charge is -2.13. The van der Waals surface area contributed by atoms with E-state index in [1.54, 1.807) is 7.11 Å². The van der Waals surface area contributed by atoms with Crippen molar-refractivity contribution >= 4 is 22.6 Å². The molecular weight excluding hydrogens is 259 g/mol. The maximum absolute atomic E-state index is 9.10. The van der Waals surface area contributed by atoms with Gasteiger partial charge in [0.2, 0.25) is 0 Å². The molecule has 0 radical (unpaired) electrons. The van der Waals surface area contributed by atoms with Crippen LogP contribution < -0.4 is 0 Å². The average Bonchev–Trinajstić information content (AvgIpc) is 2.01. The van der Waals surface area contributed by atoms with Crippen molar-refractivity contribution in [1.82, 2.24) is 0 Å². The van der Waals surface area contributed by atoms with Crippen LogP contribution in [0.25, 0.3) is 0 Å². The molecule has 0 aliphatic rings. The number of hydrogen-bond donors (Lipinski definition) is 1. The fraction of sp³-hybridized carbons (Fsp3) is 1.00. The van der Waals surface area contributed by atoms with Crippen molar-refractivity contribution in [3.05, 3.63) is 0 Å². The third-order valence-corrected chi connectivity index (χ3v) is 2.17. The first-order valence-electron chi connectivity index (χ1n) is 3.55. The number of aliphatic hydroxyl groups is 1. The molecule has 0 saturated carbocycles. The van der Waals surface area contributed by atoms with Gasteiger partial charge in [-0.1, -0.05) is 22.6 Å². The van der Waals surface area contributed by atoms with Crippen LogP contribution in [0.4, 0.5) is 0 Å². The molecule has 0 aromatic carbocycles. The van der Waals surface area contributed by atoms with E-state index >= 15 is 0 Å². The van der Waals surface area contributed by atoms with Crippen molar-refractivity contribution in [1.29, 1.82) is 0 Å². The summed E-state index contributed by atoms with van der Waals surface area (Å²) in [7, 11) is 1.63. The second kappa shape index (κ2) is 7.27. The van der Waals surface area contributed by atoms with Crippen LogP contribution >= 0.6 is 22.6 Å². The fourth-order valence-corrected chi connectivity index (χ4v) is 0.857. The molecule has 0 heterocycles. The highest BCUT2D eigenvalue weighted by Crippen LogP contribution is 1.96. The average molecular weight is 274 g/mol. The van der Waals surface area contributed by atoms with Crippen LogP contribution in [-0.4, -0.2) is 42.1 Å². The van der Waals surface area contributed by atoms with Crippen LogP contribution in [-0.2, 0) is 9.47 Å². The summed E-state index contributed by atoms with van der Waals surface area (Å²) in [6.07, 6.45) is -0.285. The van der Waals surface area contributed by atoms with Gasteiger partial charge in [0.1, 0.15) is 0 Å². The number of aliphatic hydroxyl groups excluding tert-OH is 1. The van der Waals surface area contributed by atoms with Crippen molar-refractivity contribution < 1.29 is 14.6 Å². The minimum Gasteiger partial charge on any atom is -0.390 e. The minimum absolute atomic E-state index is 0.0672. The predicted octanol–water partition coefficient (Wildman–Crippen LogP) is 0.834. The molecule has 0 rings (SSSR count). The summed E-state index contributed by atoms with van der Waals surface area (Å²) in [6, 6.07) is 0. The highest BCUT2D eigenvalue weighted by Gasteiger charge is 2.05. The van der Waals surface area contributed by atoms with Gasteiger partial charge in [-0.2, -0.15) is 0 Å². The van der Waals surface area contributed by atoms with E-state index in [1.165, 1.54) is 0 Å². The molecule has 0 saturated heterocycles. The molecule has 0 aliphatic heterocycles. The molecule has 0 fully saturated rings. The topological polar surface area (TPSA) is 38.7 Å². The monoisotopic (exact) mass is 274 g/mol. The van der Waals surface area contributed by atoms with Gasteiger partial charge in [-0.05, 0) is 6.92 Å². The first kappa shape index (κ1) is 11.6. The van der Waals surface area contributed by atoms with Crippen LogP contribution in [0.3, 0.4) is 0 Å². The Kier molecular flexibility index (Phi) is 7.67. The van der Waals surface area contributed by atoms with Crippen molar-refractivity contribution in [2.24, 2.45) is 0 Å². The van der Waals surface area contributed by atoms with Gasteiger partial charge >= 0.3 is 0 Å². The Labute approximate surface area is 81.2 Å². The van der Waals surface area contributed by atoms with Crippen molar-refractivity contribution in [2.75, 3.05) is 24.8 Å². The molecule has 1 N–H and O–H groups in total. The fourth-order valence-electron chi connectivity index (χ4n) is 0.603. The summed E-state index contributed by atoms with van der Waals surface area (Å²) in [6.45, 7) is 2.89. The van der Waals surface area contributed by atoms with Gasteiger partial charge in [-0.25, -0.2) is 0 Å². The molecule has 3 nitrogen and oxygen atoms in total. The molecule has 2 atom stereocenters. The summed E-state index contributed by atoms with van der Waals surface area (Å²) in [5.41, 5.74) is 0. The standard InChI is InChI=1S/C7H15IO3/c1-6(4-10-2)11-5-7(9)3-8/h6-7,9H,3-5H2,1-2H3. The van der Waals surface area contributed by atoms with Gasteiger partial charge in [-0.3, -0.25) is 0 Å². The number of methoxy groups -OCH3 is 1. The third-order valence-electron chi connectivity index (χ3n) is 1.15. The van der Waals surface area contributed by atoms with Crippen LogP contribution in [0.5, 0.6) is 0 Å².